The second-order valence-corrected chi connectivity index (χ2v) is 6.20. The van der Waals surface area contributed by atoms with Crippen molar-refractivity contribution in [1.29, 1.82) is 0 Å². The third-order valence-corrected chi connectivity index (χ3v) is 4.63. The SMILES string of the molecule is Cc1ccc([S+](/C=C/C(F)(F)F)c2ccccc2)cc1. The smallest absolute Gasteiger partial charge is 0.167 e. The summed E-state index contributed by atoms with van der Waals surface area (Å²) in [5.41, 5.74) is 1.09. The zero-order valence-electron chi connectivity index (χ0n) is 10.9. The van der Waals surface area contributed by atoms with Crippen molar-refractivity contribution in [3.63, 3.8) is 0 Å². The fourth-order valence-corrected chi connectivity index (χ4v) is 3.45. The Morgan fingerprint density at radius 2 is 1.40 bits per heavy atom. The third kappa shape index (κ3) is 4.17. The minimum Gasteiger partial charge on any atom is -0.167 e. The van der Waals surface area contributed by atoms with Crippen molar-refractivity contribution in [2.75, 3.05) is 0 Å². The molecule has 1 unspecified atom stereocenters. The van der Waals surface area contributed by atoms with E-state index in [4.69, 9.17) is 0 Å². The molecule has 4 heteroatoms. The standard InChI is InChI=1S/C16H14F3S/c1-13-7-9-15(10-8-13)20(12-11-16(17,18)19)14-5-3-2-4-6-14/h2-12H,1H3/q+1/b12-11+. The van der Waals surface area contributed by atoms with Crippen molar-refractivity contribution in [3.05, 3.63) is 71.6 Å². The topological polar surface area (TPSA) is 0 Å². The van der Waals surface area contributed by atoms with E-state index in [1.54, 1.807) is 0 Å². The fourth-order valence-electron chi connectivity index (χ4n) is 1.69. The van der Waals surface area contributed by atoms with Crippen LogP contribution in [0, 0.1) is 6.92 Å². The van der Waals surface area contributed by atoms with E-state index < -0.39 is 17.1 Å². The van der Waals surface area contributed by atoms with Gasteiger partial charge < -0.3 is 0 Å². The van der Waals surface area contributed by atoms with E-state index in [0.29, 0.717) is 6.08 Å². The lowest BCUT2D eigenvalue weighted by molar-refractivity contribution is -0.0796. The van der Waals surface area contributed by atoms with Crippen molar-refractivity contribution in [3.8, 4) is 0 Å². The molecule has 0 heterocycles. The van der Waals surface area contributed by atoms with Crippen molar-refractivity contribution < 1.29 is 13.2 Å². The summed E-state index contributed by atoms with van der Waals surface area (Å²) >= 11 is 0. The average Bonchev–Trinajstić information content (AvgIpc) is 2.41. The van der Waals surface area contributed by atoms with Crippen LogP contribution in [0.4, 0.5) is 13.2 Å². The molecule has 2 aromatic carbocycles. The van der Waals surface area contributed by atoms with Crippen LogP contribution in [0.3, 0.4) is 0 Å². The molecule has 20 heavy (non-hydrogen) atoms. The molecule has 0 saturated heterocycles. The van der Waals surface area contributed by atoms with Gasteiger partial charge in [-0.3, -0.25) is 0 Å². The van der Waals surface area contributed by atoms with Crippen molar-refractivity contribution in [2.24, 2.45) is 0 Å². The Bertz CT molecular complexity index is 571. The maximum atomic E-state index is 12.4. The quantitative estimate of drug-likeness (QED) is 0.690. The summed E-state index contributed by atoms with van der Waals surface area (Å²) in [6.07, 6.45) is -3.96. The van der Waals surface area contributed by atoms with Gasteiger partial charge in [0, 0.05) is 0 Å². The lowest BCUT2D eigenvalue weighted by Crippen LogP contribution is -2.05. The van der Waals surface area contributed by atoms with E-state index in [9.17, 15) is 13.2 Å². The number of halogens is 3. The first-order valence-electron chi connectivity index (χ1n) is 6.06. The summed E-state index contributed by atoms with van der Waals surface area (Å²) in [4.78, 5) is 1.75. The molecule has 0 radical (unpaired) electrons. The molecule has 104 valence electrons. The van der Waals surface area contributed by atoms with Gasteiger partial charge in [-0.15, -0.1) is 0 Å². The fraction of sp³-hybridized carbons (Fsp3) is 0.125. The number of hydrogen-bond acceptors (Lipinski definition) is 0. The zero-order chi connectivity index (χ0) is 14.6. The summed E-state index contributed by atoms with van der Waals surface area (Å²) in [5, 5.41) is 1.24. The van der Waals surface area contributed by atoms with E-state index in [2.05, 4.69) is 0 Å². The Balaban J connectivity index is 2.39. The minimum absolute atomic E-state index is 0.322. The number of alkyl halides is 3. The van der Waals surface area contributed by atoms with E-state index in [0.717, 1.165) is 15.4 Å². The monoisotopic (exact) mass is 295 g/mol. The number of aryl methyl sites for hydroxylation is 1. The molecule has 2 aromatic rings. The van der Waals surface area contributed by atoms with Gasteiger partial charge in [-0.05, 0) is 31.2 Å². The molecule has 2 rings (SSSR count). The molecule has 0 spiro atoms. The van der Waals surface area contributed by atoms with Gasteiger partial charge in [0.2, 0.25) is 0 Å². The highest BCUT2D eigenvalue weighted by molar-refractivity contribution is 7.99. The second-order valence-electron chi connectivity index (χ2n) is 4.31. The van der Waals surface area contributed by atoms with Crippen LogP contribution in [0.2, 0.25) is 0 Å². The average molecular weight is 295 g/mol. The van der Waals surface area contributed by atoms with Crippen molar-refractivity contribution >= 4 is 10.9 Å². The van der Waals surface area contributed by atoms with Gasteiger partial charge in [-0.2, -0.15) is 13.2 Å². The van der Waals surface area contributed by atoms with Gasteiger partial charge in [0.05, 0.1) is 17.0 Å². The van der Waals surface area contributed by atoms with Crippen LogP contribution < -0.4 is 0 Å². The largest absolute Gasteiger partial charge is 0.413 e. The van der Waals surface area contributed by atoms with Gasteiger partial charge in [0.25, 0.3) is 0 Å². The zero-order valence-corrected chi connectivity index (χ0v) is 11.7. The molecule has 0 aliphatic heterocycles. The minimum atomic E-state index is -4.29. The molecular formula is C16H14F3S+. The number of rotatable bonds is 3. The first-order chi connectivity index (χ1) is 9.46. The highest BCUT2D eigenvalue weighted by Crippen LogP contribution is 2.27. The predicted molar refractivity (Wildman–Crippen MR) is 76.7 cm³/mol. The third-order valence-electron chi connectivity index (χ3n) is 2.67. The van der Waals surface area contributed by atoms with Crippen LogP contribution >= 0.6 is 0 Å². The highest BCUT2D eigenvalue weighted by atomic mass is 32.2. The second kappa shape index (κ2) is 6.18. The van der Waals surface area contributed by atoms with Gasteiger partial charge >= 0.3 is 6.18 Å². The van der Waals surface area contributed by atoms with Crippen LogP contribution in [-0.2, 0) is 10.9 Å². The van der Waals surface area contributed by atoms with E-state index in [1.807, 2.05) is 61.5 Å². The van der Waals surface area contributed by atoms with E-state index in [-0.39, 0.29) is 0 Å². The van der Waals surface area contributed by atoms with Gasteiger partial charge in [0.1, 0.15) is 5.41 Å². The van der Waals surface area contributed by atoms with Crippen molar-refractivity contribution in [2.45, 2.75) is 22.9 Å². The molecule has 0 saturated carbocycles. The Morgan fingerprint density at radius 3 is 1.95 bits per heavy atom. The summed E-state index contributed by atoms with van der Waals surface area (Å²) in [6.45, 7) is 1.95. The van der Waals surface area contributed by atoms with Crippen LogP contribution in [0.1, 0.15) is 5.56 Å². The van der Waals surface area contributed by atoms with Crippen molar-refractivity contribution in [1.82, 2.24) is 0 Å². The predicted octanol–water partition coefficient (Wildman–Crippen LogP) is 5.11. The van der Waals surface area contributed by atoms with E-state index >= 15 is 0 Å². The number of hydrogen-bond donors (Lipinski definition) is 0. The molecule has 0 aliphatic rings. The highest BCUT2D eigenvalue weighted by Gasteiger charge is 2.28. The molecule has 0 fully saturated rings. The summed E-state index contributed by atoms with van der Waals surface area (Å²) < 4.78 is 37.3. The molecule has 0 amide bonds. The molecule has 0 aromatic heterocycles. The molecule has 0 bridgehead atoms. The van der Waals surface area contributed by atoms with Crippen LogP contribution in [0.5, 0.6) is 0 Å². The lowest BCUT2D eigenvalue weighted by Gasteiger charge is -2.04. The maximum absolute atomic E-state index is 12.4. The molecular weight excluding hydrogens is 281 g/mol. The Labute approximate surface area is 119 Å². The Kier molecular flexibility index (Phi) is 4.55. The summed E-state index contributed by atoms with van der Waals surface area (Å²) in [6, 6.07) is 16.8. The lowest BCUT2D eigenvalue weighted by atomic mass is 10.2. The normalized spacial score (nSPS) is 13.6. The van der Waals surface area contributed by atoms with Crippen LogP contribution in [-0.4, -0.2) is 6.18 Å². The molecule has 1 atom stereocenters. The number of benzene rings is 2. The first kappa shape index (κ1) is 14.7. The Hall–Kier alpha value is -1.68. The summed E-state index contributed by atoms with van der Waals surface area (Å²) in [7, 11) is -0.707. The maximum Gasteiger partial charge on any atom is 0.413 e. The summed E-state index contributed by atoms with van der Waals surface area (Å²) in [5.74, 6) is 0. The van der Waals surface area contributed by atoms with E-state index in [1.165, 1.54) is 5.41 Å². The molecule has 0 N–H and O–H groups in total. The number of allylic oxidation sites excluding steroid dienone is 1. The first-order valence-corrected chi connectivity index (χ1v) is 7.35. The molecule has 0 aliphatic carbocycles. The van der Waals surface area contributed by atoms with Crippen LogP contribution in [0.25, 0.3) is 0 Å². The van der Waals surface area contributed by atoms with Gasteiger partial charge in [-0.1, -0.05) is 35.9 Å². The Morgan fingerprint density at radius 1 is 0.850 bits per heavy atom. The van der Waals surface area contributed by atoms with Gasteiger partial charge in [0.15, 0.2) is 9.79 Å². The molecule has 0 nitrogen and oxygen atoms in total. The van der Waals surface area contributed by atoms with Gasteiger partial charge in [-0.25, -0.2) is 0 Å². The van der Waals surface area contributed by atoms with Crippen LogP contribution in [0.15, 0.2) is 75.9 Å².